The summed E-state index contributed by atoms with van der Waals surface area (Å²) in [6.45, 7) is 0.510. The zero-order valence-electron chi connectivity index (χ0n) is 16.0. The van der Waals surface area contributed by atoms with Crippen molar-refractivity contribution in [2.24, 2.45) is 0 Å². The van der Waals surface area contributed by atoms with Gasteiger partial charge < -0.3 is 23.9 Å². The molecule has 1 aromatic heterocycles. The summed E-state index contributed by atoms with van der Waals surface area (Å²) < 4.78 is 23.6. The van der Waals surface area contributed by atoms with Gasteiger partial charge in [-0.25, -0.2) is 0 Å². The van der Waals surface area contributed by atoms with Crippen molar-refractivity contribution < 1.29 is 23.9 Å². The van der Waals surface area contributed by atoms with Crippen molar-refractivity contribution in [3.63, 3.8) is 0 Å². The molecule has 1 saturated carbocycles. The van der Waals surface area contributed by atoms with Gasteiger partial charge in [-0.15, -0.1) is 0 Å². The molecule has 0 bridgehead atoms. The van der Waals surface area contributed by atoms with Crippen LogP contribution in [0.3, 0.4) is 0 Å². The van der Waals surface area contributed by atoms with Crippen LogP contribution in [-0.4, -0.2) is 36.6 Å². The fourth-order valence-corrected chi connectivity index (χ4v) is 4.49. The van der Waals surface area contributed by atoms with Crippen LogP contribution in [0.25, 0.3) is 11.1 Å². The Bertz CT molecular complexity index is 883. The number of fused-ring (bicyclic) bond motifs is 1. The molecule has 2 aromatic rings. The highest BCUT2D eigenvalue weighted by Crippen LogP contribution is 2.54. The first-order valence-corrected chi connectivity index (χ1v) is 10.0. The lowest BCUT2D eigenvalue weighted by Crippen LogP contribution is -2.40. The molecule has 1 N–H and O–H groups in total. The number of methoxy groups -OCH3 is 1. The zero-order chi connectivity index (χ0) is 19.1. The molecular weight excluding hydrogens is 357 g/mol. The summed E-state index contributed by atoms with van der Waals surface area (Å²) in [6, 6.07) is 6.04. The van der Waals surface area contributed by atoms with E-state index in [0.717, 1.165) is 48.1 Å². The highest BCUT2D eigenvalue weighted by molar-refractivity contribution is 6.43. The van der Waals surface area contributed by atoms with Gasteiger partial charge in [-0.05, 0) is 42.9 Å². The van der Waals surface area contributed by atoms with Crippen LogP contribution in [0.2, 0.25) is 6.32 Å². The Balaban J connectivity index is 1.53. The fraction of sp³-hybridized carbons (Fsp3) is 0.476. The van der Waals surface area contributed by atoms with E-state index in [1.807, 2.05) is 24.5 Å². The van der Waals surface area contributed by atoms with E-state index in [2.05, 4.69) is 11.1 Å². The third-order valence-corrected chi connectivity index (χ3v) is 6.01. The van der Waals surface area contributed by atoms with Crippen LogP contribution in [0.4, 0.5) is 0 Å². The summed E-state index contributed by atoms with van der Waals surface area (Å²) in [5, 5.41) is 9.68. The second-order valence-electron chi connectivity index (χ2n) is 7.88. The van der Waals surface area contributed by atoms with Crippen LogP contribution in [0.15, 0.2) is 30.6 Å². The number of aromatic nitrogens is 1. The summed E-state index contributed by atoms with van der Waals surface area (Å²) in [7, 11) is 0.958. The number of hydrogen-bond acceptors (Lipinski definition) is 6. The largest absolute Gasteiger partial charge is 0.493 e. The average molecular weight is 381 g/mol. The summed E-state index contributed by atoms with van der Waals surface area (Å²) in [6.07, 6.45) is 9.48. The SMILES string of the molecule is COc1ccc(-c2cncc(C3COB(O)C3)c2)c2c1OC1(CCCCC1)O2. The molecule has 28 heavy (non-hydrogen) atoms. The predicted molar refractivity (Wildman–Crippen MR) is 105 cm³/mol. The molecule has 1 unspecified atom stereocenters. The Kier molecular flexibility index (Phi) is 4.44. The Morgan fingerprint density at radius 3 is 2.71 bits per heavy atom. The highest BCUT2D eigenvalue weighted by atomic mass is 16.7. The summed E-state index contributed by atoms with van der Waals surface area (Å²) in [4.78, 5) is 4.44. The van der Waals surface area contributed by atoms with Crippen LogP contribution >= 0.6 is 0 Å². The fourth-order valence-electron chi connectivity index (χ4n) is 4.49. The van der Waals surface area contributed by atoms with Crippen molar-refractivity contribution in [3.05, 3.63) is 36.2 Å². The molecule has 0 amide bonds. The van der Waals surface area contributed by atoms with Gasteiger partial charge in [-0.1, -0.05) is 6.42 Å². The zero-order valence-corrected chi connectivity index (χ0v) is 16.0. The first-order valence-electron chi connectivity index (χ1n) is 10.0. The van der Waals surface area contributed by atoms with Crippen molar-refractivity contribution in [1.82, 2.24) is 4.98 Å². The third-order valence-electron chi connectivity index (χ3n) is 6.01. The molecule has 1 aromatic carbocycles. The quantitative estimate of drug-likeness (QED) is 0.816. The molecule has 1 saturated heterocycles. The molecular formula is C21H24BNO5. The molecule has 146 valence electrons. The lowest BCUT2D eigenvalue weighted by Gasteiger charge is -2.31. The molecule has 0 radical (unpaired) electrons. The lowest BCUT2D eigenvalue weighted by molar-refractivity contribution is -0.105. The monoisotopic (exact) mass is 381 g/mol. The molecule has 2 aliphatic heterocycles. The van der Waals surface area contributed by atoms with E-state index in [1.165, 1.54) is 6.42 Å². The topological polar surface area (TPSA) is 70.0 Å². The van der Waals surface area contributed by atoms with Gasteiger partial charge >= 0.3 is 7.12 Å². The summed E-state index contributed by atoms with van der Waals surface area (Å²) >= 11 is 0. The minimum Gasteiger partial charge on any atom is -0.493 e. The number of pyridine rings is 1. The van der Waals surface area contributed by atoms with Crippen LogP contribution in [0, 0.1) is 0 Å². The van der Waals surface area contributed by atoms with Gasteiger partial charge in [-0.3, -0.25) is 4.98 Å². The molecule has 1 spiro atoms. The molecule has 7 heteroatoms. The number of hydrogen-bond donors (Lipinski definition) is 1. The third kappa shape index (κ3) is 3.03. The second kappa shape index (κ2) is 6.97. The van der Waals surface area contributed by atoms with E-state index >= 15 is 0 Å². The van der Waals surface area contributed by atoms with E-state index in [4.69, 9.17) is 18.9 Å². The standard InChI is InChI=1S/C21H24BNO5/c1-25-18-6-5-17(19-20(18)28-21(27-19)7-3-2-4-8-21)15-9-14(11-23-12-15)16-10-22(24)26-13-16/h5-6,9,11-12,16,24H,2-4,7-8,10,13H2,1H3. The van der Waals surface area contributed by atoms with Crippen molar-refractivity contribution in [1.29, 1.82) is 0 Å². The predicted octanol–water partition coefficient (Wildman–Crippen LogP) is 3.78. The number of benzene rings is 1. The number of rotatable bonds is 3. The maximum atomic E-state index is 9.68. The molecule has 2 fully saturated rings. The Labute approximate surface area is 164 Å². The Morgan fingerprint density at radius 1 is 1.14 bits per heavy atom. The van der Waals surface area contributed by atoms with Crippen LogP contribution in [-0.2, 0) is 4.65 Å². The minimum atomic E-state index is -0.693. The van der Waals surface area contributed by atoms with Crippen LogP contribution in [0.1, 0.15) is 43.6 Å². The van der Waals surface area contributed by atoms with Crippen LogP contribution < -0.4 is 14.2 Å². The van der Waals surface area contributed by atoms with Gasteiger partial charge in [0.05, 0.1) is 7.11 Å². The van der Waals surface area contributed by atoms with E-state index in [1.54, 1.807) is 7.11 Å². The van der Waals surface area contributed by atoms with Gasteiger partial charge in [0.25, 0.3) is 5.79 Å². The minimum absolute atomic E-state index is 0.149. The average Bonchev–Trinajstić information content (AvgIpc) is 3.31. The molecule has 6 nitrogen and oxygen atoms in total. The maximum Gasteiger partial charge on any atom is 0.454 e. The van der Waals surface area contributed by atoms with Crippen molar-refractivity contribution >= 4 is 7.12 Å². The van der Waals surface area contributed by atoms with Crippen molar-refractivity contribution in [2.45, 2.75) is 50.1 Å². The van der Waals surface area contributed by atoms with E-state index in [0.29, 0.717) is 24.4 Å². The molecule has 1 aliphatic carbocycles. The van der Waals surface area contributed by atoms with Gasteiger partial charge in [-0.2, -0.15) is 0 Å². The number of ether oxygens (including phenoxy) is 3. The molecule has 3 heterocycles. The Morgan fingerprint density at radius 2 is 1.96 bits per heavy atom. The van der Waals surface area contributed by atoms with E-state index < -0.39 is 12.9 Å². The summed E-state index contributed by atoms with van der Waals surface area (Å²) in [5.74, 6) is 1.70. The smallest absolute Gasteiger partial charge is 0.454 e. The summed E-state index contributed by atoms with van der Waals surface area (Å²) in [5.41, 5.74) is 2.98. The van der Waals surface area contributed by atoms with Gasteiger partial charge in [0.1, 0.15) is 0 Å². The maximum absolute atomic E-state index is 9.68. The number of nitrogens with zero attached hydrogens (tertiary/aromatic N) is 1. The van der Waals surface area contributed by atoms with E-state index in [9.17, 15) is 5.02 Å². The molecule has 5 rings (SSSR count). The van der Waals surface area contributed by atoms with Gasteiger partial charge in [0.15, 0.2) is 11.5 Å². The molecule has 1 atom stereocenters. The second-order valence-corrected chi connectivity index (χ2v) is 7.88. The van der Waals surface area contributed by atoms with E-state index in [-0.39, 0.29) is 5.92 Å². The van der Waals surface area contributed by atoms with Gasteiger partial charge in [0.2, 0.25) is 5.75 Å². The first kappa shape index (κ1) is 17.8. The Hall–Kier alpha value is -2.25. The van der Waals surface area contributed by atoms with Crippen molar-refractivity contribution in [3.8, 4) is 28.4 Å². The first-order chi connectivity index (χ1) is 13.7. The highest BCUT2D eigenvalue weighted by Gasteiger charge is 2.45. The van der Waals surface area contributed by atoms with Crippen LogP contribution in [0.5, 0.6) is 17.2 Å². The lowest BCUT2D eigenvalue weighted by atomic mass is 9.80. The van der Waals surface area contributed by atoms with Gasteiger partial charge in [0, 0.05) is 48.9 Å². The molecule has 3 aliphatic rings. The normalized spacial score (nSPS) is 22.6. The van der Waals surface area contributed by atoms with Crippen molar-refractivity contribution in [2.75, 3.05) is 13.7 Å².